The lowest BCUT2D eigenvalue weighted by molar-refractivity contribution is -0.139. The Balaban J connectivity index is 2.60. The number of hydrogen-bond donors (Lipinski definition) is 2. The summed E-state index contributed by atoms with van der Waals surface area (Å²) in [5.41, 5.74) is 6.35. The highest BCUT2D eigenvalue weighted by atomic mass is 35.5. The summed E-state index contributed by atoms with van der Waals surface area (Å²) < 4.78 is -0.576. The molecule has 1 aromatic heterocycles. The van der Waals surface area contributed by atoms with Crippen LogP contribution in [0.4, 0.5) is 0 Å². The number of halogens is 1. The van der Waals surface area contributed by atoms with E-state index in [1.54, 1.807) is 20.0 Å². The molecule has 0 saturated heterocycles. The molecule has 3 N–H and O–H groups in total. The Morgan fingerprint density at radius 3 is 2.71 bits per heavy atom. The van der Waals surface area contributed by atoms with Gasteiger partial charge in [0.1, 0.15) is 11.2 Å². The lowest BCUT2D eigenvalue weighted by Gasteiger charge is -2.27. The molecule has 1 atom stereocenters. The normalized spacial score (nSPS) is 13.4. The summed E-state index contributed by atoms with van der Waals surface area (Å²) in [6.45, 7) is 3.58. The molecule has 94 valence electrons. The van der Waals surface area contributed by atoms with Crippen LogP contribution in [0.2, 0.25) is 5.15 Å². The van der Waals surface area contributed by atoms with Crippen molar-refractivity contribution < 1.29 is 9.90 Å². The molecular formula is C10H14ClN3O2S. The van der Waals surface area contributed by atoms with Gasteiger partial charge in [0, 0.05) is 10.5 Å². The molecule has 0 aliphatic heterocycles. The van der Waals surface area contributed by atoms with E-state index in [1.165, 1.54) is 18.0 Å². The molecule has 0 unspecified atom stereocenters. The zero-order valence-corrected chi connectivity index (χ0v) is 11.1. The lowest BCUT2D eigenvalue weighted by Crippen LogP contribution is -2.46. The summed E-state index contributed by atoms with van der Waals surface area (Å²) in [7, 11) is 0. The van der Waals surface area contributed by atoms with Gasteiger partial charge in [-0.3, -0.25) is 9.78 Å². The molecule has 0 fully saturated rings. The van der Waals surface area contributed by atoms with Crippen LogP contribution >= 0.6 is 23.4 Å². The van der Waals surface area contributed by atoms with Crippen molar-refractivity contribution in [1.29, 1.82) is 0 Å². The molecule has 7 heteroatoms. The molecule has 0 bridgehead atoms. The lowest BCUT2D eigenvalue weighted by atomic mass is 10.1. The van der Waals surface area contributed by atoms with E-state index >= 15 is 0 Å². The van der Waals surface area contributed by atoms with Crippen molar-refractivity contribution in [3.8, 4) is 0 Å². The molecule has 0 aliphatic rings. The van der Waals surface area contributed by atoms with Crippen molar-refractivity contribution >= 4 is 29.3 Å². The van der Waals surface area contributed by atoms with Crippen LogP contribution < -0.4 is 5.73 Å². The van der Waals surface area contributed by atoms with Gasteiger partial charge >= 0.3 is 5.97 Å². The van der Waals surface area contributed by atoms with Crippen LogP contribution in [-0.2, 0) is 10.5 Å². The van der Waals surface area contributed by atoms with E-state index in [1.807, 2.05) is 0 Å². The molecule has 1 aromatic rings. The monoisotopic (exact) mass is 275 g/mol. The number of hydrogen-bond acceptors (Lipinski definition) is 5. The summed E-state index contributed by atoms with van der Waals surface area (Å²) in [5.74, 6) is -0.470. The number of aromatic nitrogens is 2. The highest BCUT2D eigenvalue weighted by Gasteiger charge is 2.32. The van der Waals surface area contributed by atoms with Gasteiger partial charge < -0.3 is 10.8 Å². The number of carbonyl (C=O) groups is 1. The molecule has 1 rings (SSSR count). The fraction of sp³-hybridized carbons (Fsp3) is 0.500. The first-order valence-corrected chi connectivity index (χ1v) is 6.28. The number of carboxylic acids is 1. The second-order valence-corrected chi connectivity index (χ2v) is 6.06. The third-order valence-electron chi connectivity index (χ3n) is 2.28. The molecule has 0 amide bonds. The van der Waals surface area contributed by atoms with Crippen molar-refractivity contribution in [2.45, 2.75) is 30.4 Å². The van der Waals surface area contributed by atoms with Gasteiger partial charge in [0.25, 0.3) is 0 Å². The maximum Gasteiger partial charge on any atom is 0.321 e. The average Bonchev–Trinajstić information content (AvgIpc) is 2.27. The van der Waals surface area contributed by atoms with E-state index in [9.17, 15) is 4.79 Å². The number of aliphatic carboxylic acids is 1. The fourth-order valence-electron chi connectivity index (χ4n) is 1.06. The highest BCUT2D eigenvalue weighted by molar-refractivity contribution is 7.99. The molecule has 5 nitrogen and oxygen atoms in total. The maximum atomic E-state index is 10.8. The van der Waals surface area contributed by atoms with Crippen LogP contribution in [0.15, 0.2) is 12.4 Å². The third kappa shape index (κ3) is 4.14. The molecule has 1 heterocycles. The number of rotatable bonds is 5. The van der Waals surface area contributed by atoms with Crippen LogP contribution in [0.5, 0.6) is 0 Å². The molecule has 0 radical (unpaired) electrons. The van der Waals surface area contributed by atoms with Gasteiger partial charge in [0.2, 0.25) is 0 Å². The Hall–Kier alpha value is -0.850. The van der Waals surface area contributed by atoms with Crippen LogP contribution in [0.3, 0.4) is 0 Å². The van der Waals surface area contributed by atoms with Crippen molar-refractivity contribution in [1.82, 2.24) is 9.97 Å². The van der Waals surface area contributed by atoms with Gasteiger partial charge in [-0.25, -0.2) is 4.98 Å². The Morgan fingerprint density at radius 1 is 1.59 bits per heavy atom. The summed E-state index contributed by atoms with van der Waals surface area (Å²) in [6.07, 6.45) is 3.03. The van der Waals surface area contributed by atoms with Crippen LogP contribution in [0.1, 0.15) is 19.5 Å². The Morgan fingerprint density at radius 2 is 2.24 bits per heavy atom. The molecule has 0 spiro atoms. The highest BCUT2D eigenvalue weighted by Crippen LogP contribution is 2.30. The molecule has 17 heavy (non-hydrogen) atoms. The summed E-state index contributed by atoms with van der Waals surface area (Å²) in [5, 5.41) is 9.20. The van der Waals surface area contributed by atoms with Crippen LogP contribution in [-0.4, -0.2) is 31.8 Å². The van der Waals surface area contributed by atoms with Gasteiger partial charge in [-0.1, -0.05) is 11.6 Å². The van der Waals surface area contributed by atoms with E-state index < -0.39 is 16.8 Å². The second kappa shape index (κ2) is 5.66. The van der Waals surface area contributed by atoms with Crippen LogP contribution in [0, 0.1) is 0 Å². The summed E-state index contributed by atoms with van der Waals surface area (Å²) >= 11 is 7.04. The molecule has 0 aliphatic carbocycles. The largest absolute Gasteiger partial charge is 0.480 e. The summed E-state index contributed by atoms with van der Waals surface area (Å²) in [6, 6.07) is -0.923. The second-order valence-electron chi connectivity index (χ2n) is 4.04. The average molecular weight is 276 g/mol. The minimum Gasteiger partial charge on any atom is -0.480 e. The van der Waals surface area contributed by atoms with E-state index in [-0.39, 0.29) is 0 Å². The predicted octanol–water partition coefficient (Wildman–Crippen LogP) is 1.55. The standard InChI is InChI=1S/C10H14ClN3O2S/c1-10(2,8(12)9(15)16)17-5-6-3-14-7(11)4-13-6/h3-4,8H,5,12H2,1-2H3,(H,15,16)/t8-/m1/s1. The van der Waals surface area contributed by atoms with Crippen molar-refractivity contribution in [2.75, 3.05) is 0 Å². The minimum atomic E-state index is -1.01. The van der Waals surface area contributed by atoms with Crippen LogP contribution in [0.25, 0.3) is 0 Å². The van der Waals surface area contributed by atoms with Crippen molar-refractivity contribution in [2.24, 2.45) is 5.73 Å². The van der Waals surface area contributed by atoms with Gasteiger partial charge in [-0.2, -0.15) is 0 Å². The van der Waals surface area contributed by atoms with E-state index in [0.29, 0.717) is 10.9 Å². The zero-order valence-electron chi connectivity index (χ0n) is 9.55. The predicted molar refractivity (Wildman–Crippen MR) is 68.0 cm³/mol. The molecular weight excluding hydrogens is 262 g/mol. The fourth-order valence-corrected chi connectivity index (χ4v) is 2.11. The topological polar surface area (TPSA) is 89.1 Å². The van der Waals surface area contributed by atoms with Gasteiger partial charge in [0.05, 0.1) is 18.1 Å². The Bertz CT molecular complexity index is 397. The molecule has 0 aromatic carbocycles. The first kappa shape index (κ1) is 14.2. The van der Waals surface area contributed by atoms with E-state index in [2.05, 4.69) is 9.97 Å². The maximum absolute atomic E-state index is 10.8. The Labute approximate surface area is 109 Å². The summed E-state index contributed by atoms with van der Waals surface area (Å²) in [4.78, 5) is 18.8. The van der Waals surface area contributed by atoms with Gasteiger partial charge in [-0.15, -0.1) is 11.8 Å². The molecule has 0 saturated carbocycles. The van der Waals surface area contributed by atoms with Gasteiger partial charge in [0.15, 0.2) is 0 Å². The Kier molecular flexibility index (Phi) is 4.73. The van der Waals surface area contributed by atoms with Crippen molar-refractivity contribution in [3.63, 3.8) is 0 Å². The first-order valence-electron chi connectivity index (χ1n) is 4.91. The number of carboxylic acid groups (broad SMARTS) is 1. The first-order chi connectivity index (χ1) is 7.83. The van der Waals surface area contributed by atoms with Gasteiger partial charge in [-0.05, 0) is 13.8 Å². The van der Waals surface area contributed by atoms with E-state index in [4.69, 9.17) is 22.4 Å². The SMILES string of the molecule is CC(C)(SCc1cnc(Cl)cn1)[C@H](N)C(=O)O. The van der Waals surface area contributed by atoms with Crippen molar-refractivity contribution in [3.05, 3.63) is 23.2 Å². The number of nitrogens with zero attached hydrogens (tertiary/aromatic N) is 2. The number of nitrogens with two attached hydrogens (primary N) is 1. The van der Waals surface area contributed by atoms with E-state index in [0.717, 1.165) is 5.69 Å². The quantitative estimate of drug-likeness (QED) is 0.848. The minimum absolute atomic E-state index is 0.334. The third-order valence-corrected chi connectivity index (χ3v) is 3.91. The zero-order chi connectivity index (χ0) is 13.1. The number of thioether (sulfide) groups is 1. The smallest absolute Gasteiger partial charge is 0.321 e.